The molecule has 1 aromatic rings. The van der Waals surface area contributed by atoms with Crippen LogP contribution in [0.15, 0.2) is 24.3 Å². The van der Waals surface area contributed by atoms with Gasteiger partial charge in [-0.1, -0.05) is 52.0 Å². The Hall–Kier alpha value is -0.426. The zero-order valence-electron chi connectivity index (χ0n) is 15.4. The third-order valence-corrected chi connectivity index (χ3v) is 9.45. The molecule has 0 radical (unpaired) electrons. The van der Waals surface area contributed by atoms with Gasteiger partial charge in [-0.25, -0.2) is 0 Å². The molecule has 22 heavy (non-hydrogen) atoms. The van der Waals surface area contributed by atoms with Gasteiger partial charge in [-0.15, -0.1) is 0 Å². The van der Waals surface area contributed by atoms with Crippen LogP contribution in [0.1, 0.15) is 67.2 Å². The Bertz CT molecular complexity index is 399. The van der Waals surface area contributed by atoms with Gasteiger partial charge in [-0.2, -0.15) is 0 Å². The Morgan fingerprint density at radius 1 is 0.727 bits per heavy atom. The first-order valence-corrected chi connectivity index (χ1v) is 11.3. The van der Waals surface area contributed by atoms with Crippen molar-refractivity contribution in [1.29, 1.82) is 0 Å². The van der Waals surface area contributed by atoms with Gasteiger partial charge in [0.2, 0.25) is 0 Å². The fourth-order valence-corrected chi connectivity index (χ4v) is 5.76. The highest BCUT2D eigenvalue weighted by molar-refractivity contribution is 6.61. The molecule has 0 saturated carbocycles. The van der Waals surface area contributed by atoms with Gasteiger partial charge >= 0.3 is 0 Å². The van der Waals surface area contributed by atoms with E-state index in [1.807, 2.05) is 0 Å². The topological polar surface area (TPSA) is 18.5 Å². The second kappa shape index (κ2) is 9.01. The lowest BCUT2D eigenvalue weighted by Gasteiger charge is -2.30. The Labute approximate surface area is 141 Å². The van der Waals surface area contributed by atoms with Gasteiger partial charge in [-0.3, -0.25) is 0 Å². The molecular weight excluding hydrogens is 304 g/mol. The third kappa shape index (κ3) is 5.65. The first-order valence-electron chi connectivity index (χ1n) is 8.76. The molecule has 1 aromatic carbocycles. The standard InChI is InChI=1S/C18H34O2Si2/c1-7-17(5,8-2)19-21-15-13-11-12-14-16(15)22-20-18(6,9-3)10-4/h11-14H,7-10,21-22H2,1-6H3. The van der Waals surface area contributed by atoms with Crippen molar-refractivity contribution in [3.8, 4) is 0 Å². The molecule has 0 N–H and O–H groups in total. The van der Waals surface area contributed by atoms with Gasteiger partial charge in [-0.05, 0) is 49.9 Å². The van der Waals surface area contributed by atoms with Crippen molar-refractivity contribution >= 4 is 29.9 Å². The lowest BCUT2D eigenvalue weighted by Crippen LogP contribution is -2.44. The van der Waals surface area contributed by atoms with Crippen LogP contribution in [0.4, 0.5) is 0 Å². The third-order valence-electron chi connectivity index (χ3n) is 5.26. The predicted molar refractivity (Wildman–Crippen MR) is 103 cm³/mol. The van der Waals surface area contributed by atoms with E-state index in [-0.39, 0.29) is 11.2 Å². The van der Waals surface area contributed by atoms with Crippen molar-refractivity contribution in [3.63, 3.8) is 0 Å². The summed E-state index contributed by atoms with van der Waals surface area (Å²) in [5.41, 5.74) is 0.0895. The number of hydrogen-bond acceptors (Lipinski definition) is 2. The molecule has 1 rings (SSSR count). The SMILES string of the molecule is CCC(C)(CC)O[SiH2]c1ccccc1[SiH2]OC(C)(CC)CC. The molecule has 126 valence electrons. The molecule has 0 saturated heterocycles. The van der Waals surface area contributed by atoms with Crippen LogP contribution < -0.4 is 10.4 Å². The van der Waals surface area contributed by atoms with E-state index in [0.717, 1.165) is 25.7 Å². The van der Waals surface area contributed by atoms with E-state index in [2.05, 4.69) is 65.8 Å². The van der Waals surface area contributed by atoms with Crippen molar-refractivity contribution in [2.45, 2.75) is 78.4 Å². The van der Waals surface area contributed by atoms with Crippen molar-refractivity contribution in [2.24, 2.45) is 0 Å². The average molecular weight is 339 g/mol. The zero-order valence-corrected chi connectivity index (χ0v) is 18.2. The minimum atomic E-state index is -0.688. The van der Waals surface area contributed by atoms with Crippen LogP contribution in [-0.2, 0) is 8.85 Å². The Morgan fingerprint density at radius 2 is 1.05 bits per heavy atom. The highest BCUT2D eigenvalue weighted by atomic mass is 28.2. The second-order valence-corrected chi connectivity index (χ2v) is 9.34. The predicted octanol–water partition coefficient (Wildman–Crippen LogP) is 2.30. The summed E-state index contributed by atoms with van der Waals surface area (Å²) in [5.74, 6) is 0. The Morgan fingerprint density at radius 3 is 1.32 bits per heavy atom. The average Bonchev–Trinajstić information content (AvgIpc) is 2.58. The highest BCUT2D eigenvalue weighted by Crippen LogP contribution is 2.19. The summed E-state index contributed by atoms with van der Waals surface area (Å²) in [4.78, 5) is 0. The van der Waals surface area contributed by atoms with Gasteiger partial charge < -0.3 is 8.85 Å². The summed E-state index contributed by atoms with van der Waals surface area (Å²) in [6.45, 7) is 13.3. The maximum atomic E-state index is 6.34. The monoisotopic (exact) mass is 338 g/mol. The molecule has 0 aliphatic rings. The normalized spacial score (nSPS) is 13.7. The first kappa shape index (κ1) is 19.6. The van der Waals surface area contributed by atoms with Crippen LogP contribution in [0.5, 0.6) is 0 Å². The van der Waals surface area contributed by atoms with E-state index in [1.165, 1.54) is 10.4 Å². The summed E-state index contributed by atoms with van der Waals surface area (Å²) < 4.78 is 12.7. The summed E-state index contributed by atoms with van der Waals surface area (Å²) in [6, 6.07) is 8.77. The van der Waals surface area contributed by atoms with E-state index in [4.69, 9.17) is 8.85 Å². The first-order chi connectivity index (χ1) is 10.4. The number of hydrogen-bond donors (Lipinski definition) is 0. The van der Waals surface area contributed by atoms with E-state index >= 15 is 0 Å². The van der Waals surface area contributed by atoms with Crippen molar-refractivity contribution in [2.75, 3.05) is 0 Å². The van der Waals surface area contributed by atoms with Gasteiger partial charge in [0.1, 0.15) is 0 Å². The number of rotatable bonds is 10. The van der Waals surface area contributed by atoms with Crippen LogP contribution >= 0.6 is 0 Å². The molecule has 0 aliphatic heterocycles. The van der Waals surface area contributed by atoms with E-state index in [1.54, 1.807) is 0 Å². The summed E-state index contributed by atoms with van der Waals surface area (Å²) in [6.07, 6.45) is 4.32. The summed E-state index contributed by atoms with van der Waals surface area (Å²) >= 11 is 0. The van der Waals surface area contributed by atoms with Crippen LogP contribution in [0, 0.1) is 0 Å². The van der Waals surface area contributed by atoms with Gasteiger partial charge in [0.15, 0.2) is 19.5 Å². The minimum absolute atomic E-state index is 0.0447. The molecule has 0 aromatic heterocycles. The summed E-state index contributed by atoms with van der Waals surface area (Å²) in [5, 5.41) is 2.88. The van der Waals surface area contributed by atoms with E-state index < -0.39 is 19.5 Å². The molecule has 0 amide bonds. The zero-order chi connectivity index (χ0) is 16.6. The van der Waals surface area contributed by atoms with Gasteiger partial charge in [0.25, 0.3) is 0 Å². The summed E-state index contributed by atoms with van der Waals surface area (Å²) in [7, 11) is -1.38. The highest BCUT2D eigenvalue weighted by Gasteiger charge is 2.22. The van der Waals surface area contributed by atoms with Crippen molar-refractivity contribution in [3.05, 3.63) is 24.3 Å². The van der Waals surface area contributed by atoms with Crippen LogP contribution in [0.2, 0.25) is 0 Å². The fraction of sp³-hybridized carbons (Fsp3) is 0.667. The van der Waals surface area contributed by atoms with Crippen molar-refractivity contribution in [1.82, 2.24) is 0 Å². The molecule has 0 spiro atoms. The largest absolute Gasteiger partial charge is 0.413 e. The van der Waals surface area contributed by atoms with Crippen LogP contribution in [-0.4, -0.2) is 30.7 Å². The van der Waals surface area contributed by atoms with Gasteiger partial charge in [0.05, 0.1) is 11.2 Å². The van der Waals surface area contributed by atoms with E-state index in [9.17, 15) is 0 Å². The molecule has 0 heterocycles. The lowest BCUT2D eigenvalue weighted by molar-refractivity contribution is 0.0869. The van der Waals surface area contributed by atoms with Crippen LogP contribution in [0.3, 0.4) is 0 Å². The van der Waals surface area contributed by atoms with Crippen molar-refractivity contribution < 1.29 is 8.85 Å². The maximum absolute atomic E-state index is 6.34. The minimum Gasteiger partial charge on any atom is -0.413 e. The quantitative estimate of drug-likeness (QED) is 0.610. The lowest BCUT2D eigenvalue weighted by atomic mass is 10.0. The van der Waals surface area contributed by atoms with Crippen LogP contribution in [0.25, 0.3) is 0 Å². The fourth-order valence-electron chi connectivity index (χ4n) is 2.25. The molecule has 0 aliphatic carbocycles. The molecule has 0 unspecified atom stereocenters. The van der Waals surface area contributed by atoms with E-state index in [0.29, 0.717) is 0 Å². The molecule has 0 fully saturated rings. The molecule has 4 heteroatoms. The Balaban J connectivity index is 2.74. The Kier molecular flexibility index (Phi) is 8.04. The molecule has 0 bridgehead atoms. The molecule has 2 nitrogen and oxygen atoms in total. The molecular formula is C18H34O2Si2. The van der Waals surface area contributed by atoms with Gasteiger partial charge in [0, 0.05) is 0 Å². The smallest absolute Gasteiger partial charge is 0.192 e. The second-order valence-electron chi connectivity index (χ2n) is 6.66. The maximum Gasteiger partial charge on any atom is 0.192 e. The number of benzene rings is 1. The molecule has 0 atom stereocenters.